The number of ether oxygens (including phenoxy) is 1. The number of carbonyl (C=O) groups is 1. The lowest BCUT2D eigenvalue weighted by Crippen LogP contribution is -2.35. The van der Waals surface area contributed by atoms with Gasteiger partial charge in [-0.3, -0.25) is 14.4 Å². The molecule has 0 aliphatic carbocycles. The van der Waals surface area contributed by atoms with Gasteiger partial charge in [0.1, 0.15) is 0 Å². The van der Waals surface area contributed by atoms with E-state index in [1.165, 1.54) is 0 Å². The van der Waals surface area contributed by atoms with Crippen LogP contribution in [-0.2, 0) is 18.3 Å². The minimum absolute atomic E-state index is 0.152. The number of thiophene rings is 1. The fourth-order valence-electron chi connectivity index (χ4n) is 4.14. The molecule has 4 aromatic rings. The Hall–Kier alpha value is -3.07. The summed E-state index contributed by atoms with van der Waals surface area (Å²) in [5, 5.41) is 10.5. The standard InChI is InChI=1S/C24H25N5O2S/c1-16-22-18(14-20(21-8-5-13-32-21)25-23(22)28(2)27-16)24(30)26-19-7-4-3-6-17(19)15-29-9-11-31-12-10-29/h3-8,13-14H,9-12,15H2,1-2H3,(H,26,30). The van der Waals surface area contributed by atoms with Crippen molar-refractivity contribution in [1.29, 1.82) is 0 Å². The van der Waals surface area contributed by atoms with E-state index >= 15 is 0 Å². The van der Waals surface area contributed by atoms with Crippen LogP contribution in [0.5, 0.6) is 0 Å². The number of fused-ring (bicyclic) bond motifs is 1. The third-order valence-electron chi connectivity index (χ3n) is 5.75. The van der Waals surface area contributed by atoms with Crippen molar-refractivity contribution < 1.29 is 9.53 Å². The van der Waals surface area contributed by atoms with Crippen LogP contribution in [0.25, 0.3) is 21.6 Å². The molecule has 0 unspecified atom stereocenters. The number of morpholine rings is 1. The Morgan fingerprint density at radius 3 is 2.78 bits per heavy atom. The molecule has 1 amide bonds. The molecule has 164 valence electrons. The Bertz CT molecular complexity index is 1260. The molecule has 0 spiro atoms. The van der Waals surface area contributed by atoms with Crippen molar-refractivity contribution in [2.24, 2.45) is 7.05 Å². The first-order chi connectivity index (χ1) is 15.6. The first kappa shape index (κ1) is 20.8. The minimum atomic E-state index is -0.152. The van der Waals surface area contributed by atoms with Gasteiger partial charge in [-0.2, -0.15) is 5.10 Å². The largest absolute Gasteiger partial charge is 0.379 e. The summed E-state index contributed by atoms with van der Waals surface area (Å²) in [4.78, 5) is 21.7. The highest BCUT2D eigenvalue weighted by molar-refractivity contribution is 7.13. The first-order valence-corrected chi connectivity index (χ1v) is 11.6. The highest BCUT2D eigenvalue weighted by Crippen LogP contribution is 2.30. The minimum Gasteiger partial charge on any atom is -0.379 e. The summed E-state index contributed by atoms with van der Waals surface area (Å²) >= 11 is 1.60. The van der Waals surface area contributed by atoms with E-state index in [0.29, 0.717) is 11.2 Å². The summed E-state index contributed by atoms with van der Waals surface area (Å²) in [6.07, 6.45) is 0. The van der Waals surface area contributed by atoms with E-state index in [4.69, 9.17) is 9.72 Å². The second kappa shape index (κ2) is 8.82. The molecule has 0 saturated carbocycles. The molecule has 1 fully saturated rings. The number of rotatable bonds is 5. The summed E-state index contributed by atoms with van der Waals surface area (Å²) in [5.74, 6) is -0.152. The molecule has 1 aliphatic heterocycles. The number of carbonyl (C=O) groups excluding carboxylic acids is 1. The van der Waals surface area contributed by atoms with Crippen LogP contribution >= 0.6 is 11.3 Å². The molecule has 8 heteroatoms. The maximum absolute atomic E-state index is 13.5. The molecule has 1 N–H and O–H groups in total. The predicted octanol–water partition coefficient (Wildman–Crippen LogP) is 4.09. The van der Waals surface area contributed by atoms with E-state index in [1.54, 1.807) is 16.0 Å². The van der Waals surface area contributed by atoms with Crippen molar-refractivity contribution in [3.63, 3.8) is 0 Å². The Kier molecular flexibility index (Phi) is 5.73. The number of nitrogens with zero attached hydrogens (tertiary/aromatic N) is 4. The van der Waals surface area contributed by atoms with Crippen molar-refractivity contribution in [2.75, 3.05) is 31.6 Å². The van der Waals surface area contributed by atoms with Crippen molar-refractivity contribution in [2.45, 2.75) is 13.5 Å². The van der Waals surface area contributed by atoms with Crippen LogP contribution in [0.4, 0.5) is 5.69 Å². The number of benzene rings is 1. The van der Waals surface area contributed by atoms with Crippen molar-refractivity contribution in [3.05, 3.63) is 64.7 Å². The Morgan fingerprint density at radius 2 is 2.00 bits per heavy atom. The first-order valence-electron chi connectivity index (χ1n) is 10.7. The summed E-state index contributed by atoms with van der Waals surface area (Å²) in [7, 11) is 1.86. The maximum atomic E-state index is 13.5. The van der Waals surface area contributed by atoms with E-state index in [1.807, 2.05) is 55.7 Å². The van der Waals surface area contributed by atoms with Crippen molar-refractivity contribution >= 4 is 34.0 Å². The van der Waals surface area contributed by atoms with Crippen molar-refractivity contribution in [1.82, 2.24) is 19.7 Å². The monoisotopic (exact) mass is 447 g/mol. The van der Waals surface area contributed by atoms with E-state index in [2.05, 4.69) is 21.4 Å². The van der Waals surface area contributed by atoms with Crippen LogP contribution in [0.1, 0.15) is 21.6 Å². The molecule has 0 radical (unpaired) electrons. The average Bonchev–Trinajstić information content (AvgIpc) is 3.44. The van der Waals surface area contributed by atoms with Crippen LogP contribution in [0.2, 0.25) is 0 Å². The molecule has 0 bridgehead atoms. The van der Waals surface area contributed by atoms with Gasteiger partial charge in [0.05, 0.1) is 40.4 Å². The number of aryl methyl sites for hydroxylation is 2. The zero-order chi connectivity index (χ0) is 22.1. The Balaban J connectivity index is 1.51. The molecule has 3 aromatic heterocycles. The van der Waals surface area contributed by atoms with Gasteiger partial charge in [0.15, 0.2) is 5.65 Å². The smallest absolute Gasteiger partial charge is 0.256 e. The molecule has 7 nitrogen and oxygen atoms in total. The fraction of sp³-hybridized carbons (Fsp3) is 0.292. The zero-order valence-electron chi connectivity index (χ0n) is 18.2. The average molecular weight is 448 g/mol. The second-order valence-corrected chi connectivity index (χ2v) is 8.89. The van der Waals surface area contributed by atoms with Crippen molar-refractivity contribution in [3.8, 4) is 10.6 Å². The molecule has 0 atom stereocenters. The summed E-state index contributed by atoms with van der Waals surface area (Å²) < 4.78 is 7.20. The van der Waals surface area contributed by atoms with Crippen LogP contribution in [0.15, 0.2) is 47.8 Å². The number of pyridine rings is 1. The van der Waals surface area contributed by atoms with Gasteiger partial charge in [-0.15, -0.1) is 11.3 Å². The SMILES string of the molecule is Cc1nn(C)c2nc(-c3cccs3)cc(C(=O)Nc3ccccc3CN3CCOCC3)c12. The number of para-hydroxylation sites is 1. The normalized spacial score (nSPS) is 14.7. The second-order valence-electron chi connectivity index (χ2n) is 7.94. The molecular weight excluding hydrogens is 422 g/mol. The third-order valence-corrected chi connectivity index (χ3v) is 6.64. The lowest BCUT2D eigenvalue weighted by atomic mass is 10.1. The number of hydrogen-bond donors (Lipinski definition) is 1. The number of anilines is 1. The molecule has 5 rings (SSSR count). The quantitative estimate of drug-likeness (QED) is 0.499. The summed E-state index contributed by atoms with van der Waals surface area (Å²) in [5.41, 5.74) is 4.79. The molecule has 32 heavy (non-hydrogen) atoms. The van der Waals surface area contributed by atoms with Gasteiger partial charge in [-0.05, 0) is 36.1 Å². The molecule has 1 aromatic carbocycles. The van der Waals surface area contributed by atoms with Crippen LogP contribution in [0.3, 0.4) is 0 Å². The Labute approximate surface area is 190 Å². The molecule has 4 heterocycles. The molecule has 1 saturated heterocycles. The van der Waals surface area contributed by atoms with Gasteiger partial charge in [-0.1, -0.05) is 24.3 Å². The number of hydrogen-bond acceptors (Lipinski definition) is 6. The van der Waals surface area contributed by atoms with Gasteiger partial charge in [0.25, 0.3) is 5.91 Å². The van der Waals surface area contributed by atoms with Gasteiger partial charge < -0.3 is 10.1 Å². The van der Waals surface area contributed by atoms with Crippen LogP contribution in [-0.4, -0.2) is 51.9 Å². The Morgan fingerprint density at radius 1 is 1.19 bits per heavy atom. The zero-order valence-corrected chi connectivity index (χ0v) is 19.0. The molecular formula is C24H25N5O2S. The topological polar surface area (TPSA) is 72.3 Å². The van der Waals surface area contributed by atoms with Crippen LogP contribution < -0.4 is 5.32 Å². The predicted molar refractivity (Wildman–Crippen MR) is 127 cm³/mol. The van der Waals surface area contributed by atoms with Gasteiger partial charge in [-0.25, -0.2) is 4.98 Å². The van der Waals surface area contributed by atoms with Gasteiger partial charge in [0.2, 0.25) is 0 Å². The number of nitrogens with one attached hydrogen (secondary N) is 1. The highest BCUT2D eigenvalue weighted by Gasteiger charge is 2.21. The van der Waals surface area contributed by atoms with Gasteiger partial charge >= 0.3 is 0 Å². The van der Waals surface area contributed by atoms with E-state index in [9.17, 15) is 4.79 Å². The lowest BCUT2D eigenvalue weighted by molar-refractivity contribution is 0.0342. The number of aromatic nitrogens is 3. The van der Waals surface area contributed by atoms with E-state index < -0.39 is 0 Å². The summed E-state index contributed by atoms with van der Waals surface area (Å²) in [6.45, 7) is 5.97. The van der Waals surface area contributed by atoms with Crippen LogP contribution in [0, 0.1) is 6.92 Å². The molecule has 1 aliphatic rings. The van der Waals surface area contributed by atoms with E-state index in [0.717, 1.165) is 65.8 Å². The van der Waals surface area contributed by atoms with E-state index in [-0.39, 0.29) is 5.91 Å². The summed E-state index contributed by atoms with van der Waals surface area (Å²) in [6, 6.07) is 13.9. The maximum Gasteiger partial charge on any atom is 0.256 e. The van der Waals surface area contributed by atoms with Gasteiger partial charge in [0, 0.05) is 32.4 Å². The number of amides is 1. The third kappa shape index (κ3) is 4.04. The fourth-order valence-corrected chi connectivity index (χ4v) is 4.83. The lowest BCUT2D eigenvalue weighted by Gasteiger charge is -2.27. The highest BCUT2D eigenvalue weighted by atomic mass is 32.1.